The molecular formula is C17H11BrN2O3S. The molecule has 0 fully saturated rings. The van der Waals surface area contributed by atoms with Gasteiger partial charge in [0.05, 0.1) is 9.38 Å². The number of halogens is 1. The van der Waals surface area contributed by atoms with E-state index < -0.39 is 0 Å². The molecule has 0 saturated heterocycles. The molecular weight excluding hydrogens is 392 g/mol. The van der Waals surface area contributed by atoms with Gasteiger partial charge in [0.15, 0.2) is 11.4 Å². The van der Waals surface area contributed by atoms with Crippen molar-refractivity contribution in [1.82, 2.24) is 0 Å². The lowest BCUT2D eigenvalue weighted by Crippen LogP contribution is -1.90. The third-order valence-electron chi connectivity index (χ3n) is 3.38. The number of amides is 1. The fourth-order valence-corrected chi connectivity index (χ4v) is 3.52. The van der Waals surface area contributed by atoms with E-state index in [1.807, 2.05) is 31.2 Å². The molecule has 120 valence electrons. The summed E-state index contributed by atoms with van der Waals surface area (Å²) in [6.07, 6.45) is 1.62. The zero-order valence-corrected chi connectivity index (χ0v) is 14.9. The Hall–Kier alpha value is -2.25. The fraction of sp³-hybridized carbons (Fsp3) is 0.0588. The lowest BCUT2D eigenvalue weighted by molar-refractivity contribution is -0.113. The Bertz CT molecular complexity index is 905. The van der Waals surface area contributed by atoms with Crippen LogP contribution in [0.3, 0.4) is 0 Å². The number of rotatable bonds is 3. The van der Waals surface area contributed by atoms with Crippen LogP contribution in [0.5, 0.6) is 5.75 Å². The summed E-state index contributed by atoms with van der Waals surface area (Å²) in [7, 11) is 0. The molecule has 2 aromatic rings. The SMILES string of the molecule is Cc1ccc(C2=NC(=O)/C(=C/c3cc(Br)c(O)c(N=O)c3)S2)cc1. The standard InChI is InChI=1S/C17H11BrN2O3S/c1-9-2-4-11(5-3-9)17-19-16(22)14(24-17)8-10-6-12(18)15(21)13(7-10)20-23/h2-8,21H,1H3/b14-8-. The normalized spacial score (nSPS) is 15.7. The van der Waals surface area contributed by atoms with E-state index in [0.717, 1.165) is 11.1 Å². The average molecular weight is 403 g/mol. The highest BCUT2D eigenvalue weighted by atomic mass is 79.9. The van der Waals surface area contributed by atoms with Gasteiger partial charge in [-0.1, -0.05) is 41.6 Å². The van der Waals surface area contributed by atoms with E-state index in [-0.39, 0.29) is 17.3 Å². The van der Waals surface area contributed by atoms with Crippen LogP contribution < -0.4 is 0 Å². The topological polar surface area (TPSA) is 79.1 Å². The quantitative estimate of drug-likeness (QED) is 0.583. The Morgan fingerprint density at radius 3 is 2.62 bits per heavy atom. The summed E-state index contributed by atoms with van der Waals surface area (Å²) >= 11 is 4.43. The van der Waals surface area contributed by atoms with Crippen LogP contribution in [0.1, 0.15) is 16.7 Å². The second-order valence-corrected chi connectivity index (χ2v) is 7.05. The van der Waals surface area contributed by atoms with Gasteiger partial charge in [0, 0.05) is 5.56 Å². The van der Waals surface area contributed by atoms with Gasteiger partial charge in [-0.25, -0.2) is 4.99 Å². The molecule has 0 unspecified atom stereocenters. The van der Waals surface area contributed by atoms with Gasteiger partial charge < -0.3 is 5.11 Å². The highest BCUT2D eigenvalue weighted by Crippen LogP contribution is 2.38. The molecule has 0 atom stereocenters. The molecule has 7 heteroatoms. The Kier molecular flexibility index (Phi) is 4.64. The smallest absolute Gasteiger partial charge is 0.284 e. The summed E-state index contributed by atoms with van der Waals surface area (Å²) in [6.45, 7) is 1.99. The van der Waals surface area contributed by atoms with Crippen molar-refractivity contribution in [2.24, 2.45) is 10.2 Å². The van der Waals surface area contributed by atoms with Crippen molar-refractivity contribution in [3.63, 3.8) is 0 Å². The first kappa shape index (κ1) is 16.6. The zero-order valence-electron chi connectivity index (χ0n) is 12.5. The molecule has 0 spiro atoms. The number of hydrogen-bond acceptors (Lipinski definition) is 5. The molecule has 2 aromatic carbocycles. The first-order valence-electron chi connectivity index (χ1n) is 6.93. The molecule has 1 heterocycles. The largest absolute Gasteiger partial charge is 0.504 e. The van der Waals surface area contributed by atoms with Crippen LogP contribution >= 0.6 is 27.7 Å². The molecule has 0 aliphatic carbocycles. The van der Waals surface area contributed by atoms with Crippen LogP contribution in [0, 0.1) is 11.8 Å². The maximum absolute atomic E-state index is 12.1. The molecule has 1 amide bonds. The highest BCUT2D eigenvalue weighted by molar-refractivity contribution is 9.10. The van der Waals surface area contributed by atoms with Crippen LogP contribution in [0.15, 0.2) is 55.9 Å². The van der Waals surface area contributed by atoms with Crippen molar-refractivity contribution in [3.8, 4) is 5.75 Å². The fourth-order valence-electron chi connectivity index (χ4n) is 2.14. The number of hydrogen-bond donors (Lipinski definition) is 1. The van der Waals surface area contributed by atoms with Crippen molar-refractivity contribution in [2.75, 3.05) is 0 Å². The number of nitrogens with zero attached hydrogens (tertiary/aromatic N) is 2. The van der Waals surface area contributed by atoms with Crippen LogP contribution in [0.25, 0.3) is 6.08 Å². The third-order valence-corrected chi connectivity index (χ3v) is 5.02. The Morgan fingerprint density at radius 2 is 1.96 bits per heavy atom. The van der Waals surface area contributed by atoms with Crippen molar-refractivity contribution in [3.05, 3.63) is 67.4 Å². The van der Waals surface area contributed by atoms with Gasteiger partial charge in [0.2, 0.25) is 0 Å². The number of aliphatic imine (C=N–C) groups is 1. The number of nitroso groups, excluding NO2 is 1. The van der Waals surface area contributed by atoms with E-state index in [1.165, 1.54) is 17.8 Å². The Balaban J connectivity index is 1.91. The number of carbonyl (C=O) groups is 1. The van der Waals surface area contributed by atoms with E-state index in [4.69, 9.17) is 0 Å². The van der Waals surface area contributed by atoms with Crippen molar-refractivity contribution in [1.29, 1.82) is 0 Å². The molecule has 1 N–H and O–H groups in total. The minimum absolute atomic E-state index is 0.0913. The van der Waals surface area contributed by atoms with Crippen molar-refractivity contribution < 1.29 is 9.90 Å². The van der Waals surface area contributed by atoms with Gasteiger partial charge in [-0.2, -0.15) is 0 Å². The van der Waals surface area contributed by atoms with Gasteiger partial charge in [0.25, 0.3) is 5.91 Å². The molecule has 0 bridgehead atoms. The van der Waals surface area contributed by atoms with E-state index in [2.05, 4.69) is 26.1 Å². The van der Waals surface area contributed by atoms with Crippen LogP contribution in [0.2, 0.25) is 0 Å². The minimum Gasteiger partial charge on any atom is -0.504 e. The van der Waals surface area contributed by atoms with E-state index in [0.29, 0.717) is 20.0 Å². The van der Waals surface area contributed by atoms with Gasteiger partial charge in [-0.05, 0) is 51.8 Å². The number of phenolic OH excluding ortho intramolecular Hbond substituents is 1. The van der Waals surface area contributed by atoms with E-state index in [9.17, 15) is 14.8 Å². The summed E-state index contributed by atoms with van der Waals surface area (Å²) in [5.74, 6) is -0.561. The molecule has 24 heavy (non-hydrogen) atoms. The van der Waals surface area contributed by atoms with Gasteiger partial charge in [-0.3, -0.25) is 4.79 Å². The Labute approximate surface area is 150 Å². The summed E-state index contributed by atoms with van der Waals surface area (Å²) in [5.41, 5.74) is 2.49. The van der Waals surface area contributed by atoms with Gasteiger partial charge in [0.1, 0.15) is 5.04 Å². The van der Waals surface area contributed by atoms with Gasteiger partial charge in [-0.15, -0.1) is 4.91 Å². The lowest BCUT2D eigenvalue weighted by Gasteiger charge is -2.03. The summed E-state index contributed by atoms with van der Waals surface area (Å²) < 4.78 is 0.335. The minimum atomic E-state index is -0.333. The predicted octanol–water partition coefficient (Wildman–Crippen LogP) is 4.92. The summed E-state index contributed by atoms with van der Waals surface area (Å²) in [5, 5.41) is 13.1. The number of phenols is 1. The van der Waals surface area contributed by atoms with Crippen molar-refractivity contribution in [2.45, 2.75) is 6.92 Å². The molecule has 5 nitrogen and oxygen atoms in total. The first-order valence-corrected chi connectivity index (χ1v) is 8.54. The van der Waals surface area contributed by atoms with E-state index >= 15 is 0 Å². The highest BCUT2D eigenvalue weighted by Gasteiger charge is 2.23. The number of thioether (sulfide) groups is 1. The summed E-state index contributed by atoms with van der Waals surface area (Å²) in [4.78, 5) is 27.4. The summed E-state index contributed by atoms with van der Waals surface area (Å²) in [6, 6.07) is 10.8. The lowest BCUT2D eigenvalue weighted by atomic mass is 10.1. The second-order valence-electron chi connectivity index (χ2n) is 5.16. The third kappa shape index (κ3) is 3.32. The first-order chi connectivity index (χ1) is 11.5. The molecule has 1 aliphatic heterocycles. The number of carbonyl (C=O) groups excluding carboxylic acids is 1. The van der Waals surface area contributed by atoms with E-state index in [1.54, 1.807) is 12.1 Å². The number of aromatic hydroxyl groups is 1. The molecule has 1 aliphatic rings. The number of benzene rings is 2. The van der Waals surface area contributed by atoms with Crippen molar-refractivity contribution >= 4 is 50.4 Å². The zero-order chi connectivity index (χ0) is 17.3. The maximum Gasteiger partial charge on any atom is 0.284 e. The average Bonchev–Trinajstić information content (AvgIpc) is 2.92. The second kappa shape index (κ2) is 6.70. The predicted molar refractivity (Wildman–Crippen MR) is 99.6 cm³/mol. The molecule has 3 rings (SSSR count). The molecule has 0 radical (unpaired) electrons. The maximum atomic E-state index is 12.1. The van der Waals surface area contributed by atoms with Crippen LogP contribution in [-0.2, 0) is 4.79 Å². The molecule has 0 saturated carbocycles. The van der Waals surface area contributed by atoms with Gasteiger partial charge >= 0.3 is 0 Å². The number of aryl methyl sites for hydroxylation is 1. The monoisotopic (exact) mass is 402 g/mol. The van der Waals surface area contributed by atoms with Crippen LogP contribution in [0.4, 0.5) is 5.69 Å². The molecule has 0 aromatic heterocycles. The van der Waals surface area contributed by atoms with Crippen LogP contribution in [-0.4, -0.2) is 16.1 Å². The Morgan fingerprint density at radius 1 is 1.25 bits per heavy atom.